The van der Waals surface area contributed by atoms with Gasteiger partial charge < -0.3 is 5.32 Å². The van der Waals surface area contributed by atoms with Crippen molar-refractivity contribution in [2.45, 2.75) is 0 Å². The first-order chi connectivity index (χ1) is 8.97. The maximum absolute atomic E-state index is 11.0. The normalized spacial score (nSPS) is 10.3. The molecule has 2 aromatic carbocycles. The molecule has 0 radical (unpaired) electrons. The van der Waals surface area contributed by atoms with Gasteiger partial charge in [0.2, 0.25) is 0 Å². The summed E-state index contributed by atoms with van der Waals surface area (Å²) in [4.78, 5) is 10.6. The van der Waals surface area contributed by atoms with Crippen LogP contribution in [0.15, 0.2) is 45.3 Å². The van der Waals surface area contributed by atoms with Crippen LogP contribution in [0.3, 0.4) is 0 Å². The Balaban J connectivity index is 2.40. The van der Waals surface area contributed by atoms with Crippen molar-refractivity contribution in [1.29, 1.82) is 0 Å². The molecule has 0 spiro atoms. The van der Waals surface area contributed by atoms with Gasteiger partial charge in [-0.3, -0.25) is 10.1 Å². The molecule has 0 fully saturated rings. The third kappa shape index (κ3) is 3.46. The molecule has 2 rings (SSSR count). The fraction of sp³-hybridized carbons (Fsp3) is 0. The molecule has 0 heterocycles. The molecule has 4 nitrogen and oxygen atoms in total. The zero-order valence-electron chi connectivity index (χ0n) is 9.36. The number of rotatable bonds is 3. The molecule has 0 saturated carbocycles. The van der Waals surface area contributed by atoms with E-state index in [2.05, 4.69) is 37.2 Å². The molecule has 0 aliphatic carbocycles. The molecular formula is C12H7Br2ClN2O2. The van der Waals surface area contributed by atoms with Gasteiger partial charge in [0.05, 0.1) is 15.6 Å². The van der Waals surface area contributed by atoms with Crippen LogP contribution in [0, 0.1) is 10.1 Å². The molecule has 0 aromatic heterocycles. The zero-order chi connectivity index (χ0) is 14.0. The fourth-order valence-electron chi connectivity index (χ4n) is 1.50. The second-order valence-electron chi connectivity index (χ2n) is 3.67. The molecule has 0 atom stereocenters. The minimum atomic E-state index is -0.445. The van der Waals surface area contributed by atoms with Gasteiger partial charge in [-0.2, -0.15) is 0 Å². The van der Waals surface area contributed by atoms with E-state index in [-0.39, 0.29) is 5.69 Å². The van der Waals surface area contributed by atoms with Gasteiger partial charge in [-0.15, -0.1) is 0 Å². The summed E-state index contributed by atoms with van der Waals surface area (Å²) >= 11 is 12.6. The molecule has 19 heavy (non-hydrogen) atoms. The summed E-state index contributed by atoms with van der Waals surface area (Å²) in [7, 11) is 0. The summed E-state index contributed by atoms with van der Waals surface area (Å²) in [6.45, 7) is 0. The molecule has 2 aromatic rings. The topological polar surface area (TPSA) is 55.2 Å². The third-order valence-electron chi connectivity index (χ3n) is 2.36. The van der Waals surface area contributed by atoms with Gasteiger partial charge in [-0.25, -0.2) is 0 Å². The zero-order valence-corrected chi connectivity index (χ0v) is 13.3. The summed E-state index contributed by atoms with van der Waals surface area (Å²) in [6, 6.07) is 10.1. The number of hydrogen-bond acceptors (Lipinski definition) is 3. The maximum Gasteiger partial charge on any atom is 0.293 e. The van der Waals surface area contributed by atoms with Crippen LogP contribution in [0.1, 0.15) is 0 Å². The predicted molar refractivity (Wildman–Crippen MR) is 83.2 cm³/mol. The molecule has 7 heteroatoms. The Morgan fingerprint density at radius 1 is 1.05 bits per heavy atom. The van der Waals surface area contributed by atoms with Gasteiger partial charge in [0.1, 0.15) is 5.69 Å². The standard InChI is InChI=1S/C12H7Br2ClN2O2/c13-7-1-3-10(9(15)5-7)16-11-4-2-8(14)6-12(11)17(18)19/h1-6,16H. The molecule has 98 valence electrons. The van der Waals surface area contributed by atoms with Gasteiger partial charge in [0.25, 0.3) is 5.69 Å². The number of benzene rings is 2. The van der Waals surface area contributed by atoms with E-state index in [0.29, 0.717) is 20.9 Å². The summed E-state index contributed by atoms with van der Waals surface area (Å²) in [6.07, 6.45) is 0. The van der Waals surface area contributed by atoms with Gasteiger partial charge in [-0.1, -0.05) is 43.5 Å². The largest absolute Gasteiger partial charge is 0.349 e. The SMILES string of the molecule is O=[N+]([O-])c1cc(Br)ccc1Nc1ccc(Br)cc1Cl. The van der Waals surface area contributed by atoms with Crippen molar-refractivity contribution in [3.05, 3.63) is 60.5 Å². The maximum atomic E-state index is 11.0. The monoisotopic (exact) mass is 404 g/mol. The van der Waals surface area contributed by atoms with E-state index in [1.165, 1.54) is 6.07 Å². The van der Waals surface area contributed by atoms with E-state index in [0.717, 1.165) is 4.47 Å². The van der Waals surface area contributed by atoms with Crippen molar-refractivity contribution < 1.29 is 4.92 Å². The van der Waals surface area contributed by atoms with Crippen LogP contribution in [-0.2, 0) is 0 Å². The van der Waals surface area contributed by atoms with Gasteiger partial charge in [0, 0.05) is 15.0 Å². The molecule has 0 amide bonds. The van der Waals surface area contributed by atoms with E-state index >= 15 is 0 Å². The van der Waals surface area contributed by atoms with Crippen LogP contribution in [0.25, 0.3) is 0 Å². The van der Waals surface area contributed by atoms with Crippen LogP contribution >= 0.6 is 43.5 Å². The van der Waals surface area contributed by atoms with Crippen molar-refractivity contribution in [3.63, 3.8) is 0 Å². The van der Waals surface area contributed by atoms with Crippen LogP contribution in [0.4, 0.5) is 17.1 Å². The molecule has 0 aliphatic rings. The van der Waals surface area contributed by atoms with Crippen LogP contribution in [-0.4, -0.2) is 4.92 Å². The Labute approximate surface area is 131 Å². The number of hydrogen-bond donors (Lipinski definition) is 1. The van der Waals surface area contributed by atoms with E-state index in [9.17, 15) is 10.1 Å². The Hall–Kier alpha value is -1.11. The molecule has 1 N–H and O–H groups in total. The summed E-state index contributed by atoms with van der Waals surface area (Å²) in [5.41, 5.74) is 0.973. The average Bonchev–Trinajstić information content (AvgIpc) is 2.34. The smallest absolute Gasteiger partial charge is 0.293 e. The van der Waals surface area contributed by atoms with Crippen molar-refractivity contribution in [1.82, 2.24) is 0 Å². The lowest BCUT2D eigenvalue weighted by molar-refractivity contribution is -0.384. The van der Waals surface area contributed by atoms with Crippen LogP contribution in [0.2, 0.25) is 5.02 Å². The predicted octanol–water partition coefficient (Wildman–Crippen LogP) is 5.52. The number of halogens is 3. The quantitative estimate of drug-likeness (QED) is 0.540. The van der Waals surface area contributed by atoms with Crippen LogP contribution in [0.5, 0.6) is 0 Å². The highest BCUT2D eigenvalue weighted by molar-refractivity contribution is 9.10. The number of nitrogens with zero attached hydrogens (tertiary/aromatic N) is 1. The Morgan fingerprint density at radius 2 is 1.63 bits per heavy atom. The second-order valence-corrected chi connectivity index (χ2v) is 5.91. The number of nitrogens with one attached hydrogen (secondary N) is 1. The van der Waals surface area contributed by atoms with Gasteiger partial charge in [0.15, 0.2) is 0 Å². The minimum Gasteiger partial charge on any atom is -0.349 e. The summed E-state index contributed by atoms with van der Waals surface area (Å²) < 4.78 is 1.49. The van der Waals surface area contributed by atoms with Gasteiger partial charge >= 0.3 is 0 Å². The third-order valence-corrected chi connectivity index (χ3v) is 3.66. The number of nitro benzene ring substituents is 1. The van der Waals surface area contributed by atoms with Crippen molar-refractivity contribution in [2.75, 3.05) is 5.32 Å². The summed E-state index contributed by atoms with van der Waals surface area (Å²) in [5, 5.41) is 14.4. The fourth-order valence-corrected chi connectivity index (χ4v) is 2.57. The lowest BCUT2D eigenvalue weighted by Crippen LogP contribution is -1.97. The lowest BCUT2D eigenvalue weighted by Gasteiger charge is -2.09. The molecule has 0 aliphatic heterocycles. The highest BCUT2D eigenvalue weighted by Crippen LogP contribution is 2.34. The van der Waals surface area contributed by atoms with Gasteiger partial charge in [-0.05, 0) is 30.3 Å². The van der Waals surface area contributed by atoms with Crippen molar-refractivity contribution in [2.24, 2.45) is 0 Å². The highest BCUT2D eigenvalue weighted by atomic mass is 79.9. The first kappa shape index (κ1) is 14.3. The molecule has 0 saturated heterocycles. The minimum absolute atomic E-state index is 0.0200. The Morgan fingerprint density at radius 3 is 2.21 bits per heavy atom. The van der Waals surface area contributed by atoms with E-state index in [1.807, 2.05) is 0 Å². The van der Waals surface area contributed by atoms with E-state index in [4.69, 9.17) is 11.6 Å². The number of anilines is 2. The Bertz CT molecular complexity index is 650. The average molecular weight is 406 g/mol. The highest BCUT2D eigenvalue weighted by Gasteiger charge is 2.15. The van der Waals surface area contributed by atoms with Crippen LogP contribution < -0.4 is 5.32 Å². The first-order valence-electron chi connectivity index (χ1n) is 5.13. The van der Waals surface area contributed by atoms with E-state index < -0.39 is 4.92 Å². The molecule has 0 unspecified atom stereocenters. The lowest BCUT2D eigenvalue weighted by atomic mass is 10.2. The summed E-state index contributed by atoms with van der Waals surface area (Å²) in [5.74, 6) is 0. The molecule has 0 bridgehead atoms. The molecular weight excluding hydrogens is 399 g/mol. The van der Waals surface area contributed by atoms with E-state index in [1.54, 1.807) is 30.3 Å². The number of nitro groups is 1. The Kier molecular flexibility index (Phi) is 4.44. The first-order valence-corrected chi connectivity index (χ1v) is 7.10. The second kappa shape index (κ2) is 5.90. The van der Waals surface area contributed by atoms with Crippen molar-refractivity contribution in [3.8, 4) is 0 Å². The van der Waals surface area contributed by atoms with Crippen molar-refractivity contribution >= 4 is 60.5 Å².